The van der Waals surface area contributed by atoms with E-state index in [1.807, 2.05) is 54.2 Å². The van der Waals surface area contributed by atoms with Crippen LogP contribution in [0.4, 0.5) is 11.4 Å². The Bertz CT molecular complexity index is 422. The van der Waals surface area contributed by atoms with Gasteiger partial charge in [-0.2, -0.15) is 0 Å². The molecular formula is C14H18N2O. The zero-order chi connectivity index (χ0) is 12.4. The Kier molecular flexibility index (Phi) is 3.18. The van der Waals surface area contributed by atoms with Gasteiger partial charge in [0.15, 0.2) is 0 Å². The molecule has 0 N–H and O–H groups in total. The number of nitrogens with zero attached hydrogens (tertiary/aromatic N) is 2. The molecule has 1 aliphatic rings. The van der Waals surface area contributed by atoms with Crippen LogP contribution in [0.5, 0.6) is 0 Å². The highest BCUT2D eigenvalue weighted by Gasteiger charge is 2.28. The van der Waals surface area contributed by atoms with Crippen molar-refractivity contribution in [3.63, 3.8) is 0 Å². The summed E-state index contributed by atoms with van der Waals surface area (Å²) < 4.78 is 0. The van der Waals surface area contributed by atoms with Crippen LogP contribution < -0.4 is 9.80 Å². The van der Waals surface area contributed by atoms with Crippen molar-refractivity contribution in [2.75, 3.05) is 30.4 Å². The first kappa shape index (κ1) is 11.7. The topological polar surface area (TPSA) is 23.6 Å². The number of hydrogen-bond acceptors (Lipinski definition) is 2. The third-order valence-electron chi connectivity index (χ3n) is 3.17. The summed E-state index contributed by atoms with van der Waals surface area (Å²) in [6.07, 6.45) is 2.45. The van der Waals surface area contributed by atoms with E-state index in [0.717, 1.165) is 17.9 Å². The zero-order valence-corrected chi connectivity index (χ0v) is 10.4. The number of anilines is 2. The van der Waals surface area contributed by atoms with Gasteiger partial charge in [0, 0.05) is 44.4 Å². The van der Waals surface area contributed by atoms with E-state index in [4.69, 9.17) is 0 Å². The monoisotopic (exact) mass is 230 g/mol. The van der Waals surface area contributed by atoms with Crippen LogP contribution in [-0.2, 0) is 4.79 Å². The molecular weight excluding hydrogens is 212 g/mol. The fraction of sp³-hybridized carbons (Fsp3) is 0.357. The molecule has 1 saturated heterocycles. The zero-order valence-electron chi connectivity index (χ0n) is 10.4. The van der Waals surface area contributed by atoms with Crippen molar-refractivity contribution in [2.45, 2.75) is 6.42 Å². The summed E-state index contributed by atoms with van der Waals surface area (Å²) in [4.78, 5) is 15.7. The van der Waals surface area contributed by atoms with E-state index in [0.29, 0.717) is 6.42 Å². The van der Waals surface area contributed by atoms with Gasteiger partial charge in [-0.25, -0.2) is 0 Å². The Hall–Kier alpha value is -1.77. The molecule has 2 rings (SSSR count). The third kappa shape index (κ3) is 2.33. The molecule has 3 nitrogen and oxygen atoms in total. The van der Waals surface area contributed by atoms with Crippen molar-refractivity contribution in [3.8, 4) is 0 Å². The number of benzene rings is 1. The summed E-state index contributed by atoms with van der Waals surface area (Å²) in [7, 11) is 4.01. The largest absolute Gasteiger partial charge is 0.378 e. The normalized spacial score (nSPS) is 19.5. The second-order valence-electron chi connectivity index (χ2n) is 4.62. The minimum atomic E-state index is 0.188. The minimum absolute atomic E-state index is 0.188. The molecule has 1 heterocycles. The molecule has 0 aliphatic carbocycles. The average molecular weight is 230 g/mol. The van der Waals surface area contributed by atoms with Gasteiger partial charge >= 0.3 is 0 Å². The Morgan fingerprint density at radius 2 is 2.00 bits per heavy atom. The minimum Gasteiger partial charge on any atom is -0.378 e. The first-order chi connectivity index (χ1) is 8.11. The Balaban J connectivity index is 2.18. The van der Waals surface area contributed by atoms with Crippen LogP contribution >= 0.6 is 0 Å². The molecule has 1 aliphatic heterocycles. The molecule has 90 valence electrons. The first-order valence-corrected chi connectivity index (χ1v) is 5.82. The molecule has 0 bridgehead atoms. The van der Waals surface area contributed by atoms with E-state index in [1.54, 1.807) is 0 Å². The molecule has 3 heteroatoms. The summed E-state index contributed by atoms with van der Waals surface area (Å²) in [6, 6.07) is 8.06. The molecule has 17 heavy (non-hydrogen) atoms. The summed E-state index contributed by atoms with van der Waals surface area (Å²) in [5.74, 6) is 0.475. The van der Waals surface area contributed by atoms with E-state index in [2.05, 4.69) is 6.58 Å². The average Bonchev–Trinajstić information content (AvgIpc) is 2.71. The molecule has 1 fully saturated rings. The van der Waals surface area contributed by atoms with Gasteiger partial charge in [-0.1, -0.05) is 6.08 Å². The smallest absolute Gasteiger partial charge is 0.227 e. The van der Waals surface area contributed by atoms with Gasteiger partial charge in [0.05, 0.1) is 0 Å². The van der Waals surface area contributed by atoms with Gasteiger partial charge in [0.1, 0.15) is 0 Å². The van der Waals surface area contributed by atoms with Gasteiger partial charge in [-0.15, -0.1) is 6.58 Å². The van der Waals surface area contributed by atoms with Crippen molar-refractivity contribution in [2.24, 2.45) is 5.92 Å². The number of hydrogen-bond donors (Lipinski definition) is 0. The van der Waals surface area contributed by atoms with E-state index in [-0.39, 0.29) is 11.8 Å². The lowest BCUT2D eigenvalue weighted by molar-refractivity contribution is -0.117. The summed E-state index contributed by atoms with van der Waals surface area (Å²) >= 11 is 0. The standard InChI is InChI=1S/C14H18N2O/c1-4-11-9-14(17)16(10-11)13-7-5-12(6-8-13)15(2)3/h4-8,11H,1,9-10H2,2-3H3. The van der Waals surface area contributed by atoms with Crippen molar-refractivity contribution in [1.82, 2.24) is 0 Å². The molecule has 0 radical (unpaired) electrons. The second kappa shape index (κ2) is 4.62. The Morgan fingerprint density at radius 1 is 1.35 bits per heavy atom. The van der Waals surface area contributed by atoms with Crippen LogP contribution in [0.25, 0.3) is 0 Å². The van der Waals surface area contributed by atoms with Gasteiger partial charge in [-0.05, 0) is 24.3 Å². The van der Waals surface area contributed by atoms with Crippen molar-refractivity contribution in [3.05, 3.63) is 36.9 Å². The summed E-state index contributed by atoms with van der Waals surface area (Å²) in [6.45, 7) is 4.51. The first-order valence-electron chi connectivity index (χ1n) is 5.82. The SMILES string of the molecule is C=CC1CC(=O)N(c2ccc(N(C)C)cc2)C1. The number of rotatable bonds is 3. The van der Waals surface area contributed by atoms with Crippen LogP contribution in [0.3, 0.4) is 0 Å². The van der Waals surface area contributed by atoms with Gasteiger partial charge in [0.2, 0.25) is 5.91 Å². The van der Waals surface area contributed by atoms with Crippen molar-refractivity contribution in [1.29, 1.82) is 0 Å². The van der Waals surface area contributed by atoms with E-state index < -0.39 is 0 Å². The predicted molar refractivity (Wildman–Crippen MR) is 71.4 cm³/mol. The lowest BCUT2D eigenvalue weighted by Crippen LogP contribution is -2.24. The highest BCUT2D eigenvalue weighted by molar-refractivity contribution is 5.96. The fourth-order valence-corrected chi connectivity index (χ4v) is 2.07. The lowest BCUT2D eigenvalue weighted by atomic mass is 10.1. The Labute approximate surface area is 102 Å². The van der Waals surface area contributed by atoms with E-state index >= 15 is 0 Å². The molecule has 1 atom stereocenters. The van der Waals surface area contributed by atoms with E-state index in [9.17, 15) is 4.79 Å². The quantitative estimate of drug-likeness (QED) is 0.744. The molecule has 0 saturated carbocycles. The van der Waals surface area contributed by atoms with Crippen LogP contribution in [0, 0.1) is 5.92 Å². The van der Waals surface area contributed by atoms with Crippen LogP contribution in [0.1, 0.15) is 6.42 Å². The number of amides is 1. The lowest BCUT2D eigenvalue weighted by Gasteiger charge is -2.18. The molecule has 1 amide bonds. The van der Waals surface area contributed by atoms with Crippen LogP contribution in [-0.4, -0.2) is 26.5 Å². The maximum Gasteiger partial charge on any atom is 0.227 e. The third-order valence-corrected chi connectivity index (χ3v) is 3.17. The molecule has 0 aromatic heterocycles. The summed E-state index contributed by atoms with van der Waals surface area (Å²) in [5, 5.41) is 0. The highest BCUT2D eigenvalue weighted by Crippen LogP contribution is 2.26. The van der Waals surface area contributed by atoms with Crippen LogP contribution in [0.15, 0.2) is 36.9 Å². The Morgan fingerprint density at radius 3 is 2.47 bits per heavy atom. The predicted octanol–water partition coefficient (Wildman–Crippen LogP) is 2.29. The van der Waals surface area contributed by atoms with Crippen molar-refractivity contribution >= 4 is 17.3 Å². The maximum atomic E-state index is 11.8. The maximum absolute atomic E-state index is 11.8. The number of carbonyl (C=O) groups is 1. The molecule has 1 aromatic carbocycles. The van der Waals surface area contributed by atoms with Gasteiger partial charge in [0.25, 0.3) is 0 Å². The van der Waals surface area contributed by atoms with Gasteiger partial charge < -0.3 is 9.80 Å². The fourth-order valence-electron chi connectivity index (χ4n) is 2.07. The van der Waals surface area contributed by atoms with Gasteiger partial charge in [-0.3, -0.25) is 4.79 Å². The van der Waals surface area contributed by atoms with Crippen molar-refractivity contribution < 1.29 is 4.79 Å². The highest BCUT2D eigenvalue weighted by atomic mass is 16.2. The van der Waals surface area contributed by atoms with E-state index in [1.165, 1.54) is 0 Å². The summed E-state index contributed by atoms with van der Waals surface area (Å²) in [5.41, 5.74) is 2.12. The second-order valence-corrected chi connectivity index (χ2v) is 4.62. The molecule has 1 aromatic rings. The van der Waals surface area contributed by atoms with Crippen LogP contribution in [0.2, 0.25) is 0 Å². The molecule has 1 unspecified atom stereocenters. The number of carbonyl (C=O) groups excluding carboxylic acids is 1. The molecule has 0 spiro atoms.